The summed E-state index contributed by atoms with van der Waals surface area (Å²) < 4.78 is 5.41. The third-order valence-electron chi connectivity index (χ3n) is 3.20. The van der Waals surface area contributed by atoms with Crippen LogP contribution in [0.2, 0.25) is 5.02 Å². The largest absolute Gasteiger partial charge is 0.484 e. The van der Waals surface area contributed by atoms with Crippen LogP contribution in [0.15, 0.2) is 60.8 Å². The summed E-state index contributed by atoms with van der Waals surface area (Å²) in [6.07, 6.45) is 2.53. The first kappa shape index (κ1) is 16.5. The molecule has 6 heteroatoms. The number of amides is 1. The fraction of sp³-hybridized carbons (Fsp3) is 0.111. The maximum Gasteiger partial charge on any atom is 0.264 e. The number of benzene rings is 2. The van der Waals surface area contributed by atoms with E-state index in [9.17, 15) is 4.79 Å². The lowest BCUT2D eigenvalue weighted by Crippen LogP contribution is -2.19. The van der Waals surface area contributed by atoms with Gasteiger partial charge in [-0.05, 0) is 29.8 Å². The number of rotatable bonds is 6. The Hall–Kier alpha value is -2.37. The van der Waals surface area contributed by atoms with Crippen LogP contribution < -0.4 is 10.1 Å². The molecule has 3 rings (SSSR count). The maximum absolute atomic E-state index is 11.9. The summed E-state index contributed by atoms with van der Waals surface area (Å²) in [6.45, 7) is -0.0455. The van der Waals surface area contributed by atoms with Crippen molar-refractivity contribution < 1.29 is 9.53 Å². The highest BCUT2D eigenvalue weighted by molar-refractivity contribution is 7.15. The van der Waals surface area contributed by atoms with Gasteiger partial charge in [0.1, 0.15) is 5.75 Å². The number of nitrogens with one attached hydrogen (secondary N) is 1. The summed E-state index contributed by atoms with van der Waals surface area (Å²) in [4.78, 5) is 17.2. The smallest absolute Gasteiger partial charge is 0.264 e. The molecule has 0 fully saturated rings. The average Bonchev–Trinajstić information content (AvgIpc) is 3.03. The van der Waals surface area contributed by atoms with Gasteiger partial charge in [-0.2, -0.15) is 0 Å². The highest BCUT2D eigenvalue weighted by atomic mass is 35.5. The average molecular weight is 359 g/mol. The number of hydrogen-bond acceptors (Lipinski definition) is 4. The SMILES string of the molecule is O=C(COc1ccccc1)Nc1ncc(Cc2ccc(Cl)cc2)s1. The number of nitrogens with zero attached hydrogens (tertiary/aromatic N) is 1. The summed E-state index contributed by atoms with van der Waals surface area (Å²) in [6, 6.07) is 16.9. The Labute approximate surface area is 149 Å². The molecule has 0 aliphatic heterocycles. The van der Waals surface area contributed by atoms with Crippen molar-refractivity contribution in [3.05, 3.63) is 76.3 Å². The van der Waals surface area contributed by atoms with Gasteiger partial charge in [-0.25, -0.2) is 4.98 Å². The topological polar surface area (TPSA) is 51.2 Å². The van der Waals surface area contributed by atoms with Crippen LogP contribution in [0.5, 0.6) is 5.75 Å². The van der Waals surface area contributed by atoms with Crippen molar-refractivity contribution in [1.82, 2.24) is 4.98 Å². The molecule has 0 unspecified atom stereocenters. The van der Waals surface area contributed by atoms with Gasteiger partial charge in [-0.15, -0.1) is 11.3 Å². The Kier molecular flexibility index (Phi) is 5.46. The summed E-state index contributed by atoms with van der Waals surface area (Å²) in [5.74, 6) is 0.432. The molecule has 1 N–H and O–H groups in total. The molecule has 4 nitrogen and oxygen atoms in total. The number of anilines is 1. The number of carbonyl (C=O) groups is 1. The minimum absolute atomic E-state index is 0.0455. The number of halogens is 1. The Morgan fingerprint density at radius 2 is 1.88 bits per heavy atom. The van der Waals surface area contributed by atoms with E-state index in [0.29, 0.717) is 10.9 Å². The highest BCUT2D eigenvalue weighted by Crippen LogP contribution is 2.22. The zero-order chi connectivity index (χ0) is 16.8. The molecule has 3 aromatic rings. The normalized spacial score (nSPS) is 10.4. The number of hydrogen-bond donors (Lipinski definition) is 1. The van der Waals surface area contributed by atoms with Gasteiger partial charge in [-0.1, -0.05) is 41.9 Å². The Balaban J connectivity index is 1.51. The van der Waals surface area contributed by atoms with Gasteiger partial charge in [0.05, 0.1) is 0 Å². The summed E-state index contributed by atoms with van der Waals surface area (Å²) >= 11 is 7.33. The van der Waals surface area contributed by atoms with E-state index in [1.54, 1.807) is 18.3 Å². The second-order valence-electron chi connectivity index (χ2n) is 5.08. The van der Waals surface area contributed by atoms with Gasteiger partial charge in [0.15, 0.2) is 11.7 Å². The first-order chi connectivity index (χ1) is 11.7. The van der Waals surface area contributed by atoms with E-state index in [2.05, 4.69) is 10.3 Å². The van der Waals surface area contributed by atoms with Crippen molar-refractivity contribution >= 4 is 34.0 Å². The molecule has 0 aliphatic rings. The van der Waals surface area contributed by atoms with E-state index >= 15 is 0 Å². The van der Waals surface area contributed by atoms with Crippen molar-refractivity contribution in [2.75, 3.05) is 11.9 Å². The zero-order valence-corrected chi connectivity index (χ0v) is 14.3. The van der Waals surface area contributed by atoms with E-state index < -0.39 is 0 Å². The molecular formula is C18H15ClN2O2S. The summed E-state index contributed by atoms with van der Waals surface area (Å²) in [5, 5.41) is 4.04. The molecule has 0 aliphatic carbocycles. The number of ether oxygens (including phenoxy) is 1. The molecule has 0 saturated heterocycles. The van der Waals surface area contributed by atoms with E-state index in [0.717, 1.165) is 21.9 Å². The predicted molar refractivity (Wildman–Crippen MR) is 96.9 cm³/mol. The van der Waals surface area contributed by atoms with Gasteiger partial charge >= 0.3 is 0 Å². The first-order valence-electron chi connectivity index (χ1n) is 7.36. The quantitative estimate of drug-likeness (QED) is 0.710. The lowest BCUT2D eigenvalue weighted by atomic mass is 10.1. The van der Waals surface area contributed by atoms with Crippen LogP contribution in [0.1, 0.15) is 10.4 Å². The van der Waals surface area contributed by atoms with Gasteiger partial charge < -0.3 is 4.74 Å². The molecule has 1 amide bonds. The molecule has 0 spiro atoms. The minimum Gasteiger partial charge on any atom is -0.484 e. The standard InChI is InChI=1S/C18H15ClN2O2S/c19-14-8-6-13(7-9-14)10-16-11-20-18(24-16)21-17(22)12-23-15-4-2-1-3-5-15/h1-9,11H,10,12H2,(H,20,21,22). The number of para-hydroxylation sites is 1. The fourth-order valence-corrected chi connectivity index (χ4v) is 3.06. The number of thiazole rings is 1. The van der Waals surface area contributed by atoms with Gasteiger partial charge in [0, 0.05) is 22.5 Å². The lowest BCUT2D eigenvalue weighted by molar-refractivity contribution is -0.118. The minimum atomic E-state index is -0.230. The van der Waals surface area contributed by atoms with Crippen molar-refractivity contribution in [2.24, 2.45) is 0 Å². The second-order valence-corrected chi connectivity index (χ2v) is 6.64. The van der Waals surface area contributed by atoms with Crippen LogP contribution in [0.4, 0.5) is 5.13 Å². The van der Waals surface area contributed by atoms with Crippen LogP contribution in [0, 0.1) is 0 Å². The lowest BCUT2D eigenvalue weighted by Gasteiger charge is -2.05. The van der Waals surface area contributed by atoms with E-state index in [4.69, 9.17) is 16.3 Å². The molecule has 24 heavy (non-hydrogen) atoms. The Bertz CT molecular complexity index is 803. The van der Waals surface area contributed by atoms with Crippen LogP contribution >= 0.6 is 22.9 Å². The molecule has 1 aromatic heterocycles. The number of aromatic nitrogens is 1. The molecule has 0 bridgehead atoms. The maximum atomic E-state index is 11.9. The van der Waals surface area contributed by atoms with Crippen molar-refractivity contribution in [3.8, 4) is 5.75 Å². The van der Waals surface area contributed by atoms with Crippen molar-refractivity contribution in [2.45, 2.75) is 6.42 Å². The van der Waals surface area contributed by atoms with Crippen LogP contribution in [0.25, 0.3) is 0 Å². The monoisotopic (exact) mass is 358 g/mol. The third kappa shape index (κ3) is 4.81. The first-order valence-corrected chi connectivity index (χ1v) is 8.55. The van der Waals surface area contributed by atoms with Crippen LogP contribution in [0.3, 0.4) is 0 Å². The molecule has 1 heterocycles. The highest BCUT2D eigenvalue weighted by Gasteiger charge is 2.08. The molecule has 2 aromatic carbocycles. The molecule has 0 atom stereocenters. The third-order valence-corrected chi connectivity index (χ3v) is 4.37. The van der Waals surface area contributed by atoms with Gasteiger partial charge in [0.25, 0.3) is 5.91 Å². The predicted octanol–water partition coefficient (Wildman–Crippen LogP) is 4.40. The summed E-state index contributed by atoms with van der Waals surface area (Å²) in [7, 11) is 0. The fourth-order valence-electron chi connectivity index (χ4n) is 2.07. The number of carbonyl (C=O) groups excluding carboxylic acids is 1. The van der Waals surface area contributed by atoms with Crippen LogP contribution in [-0.2, 0) is 11.2 Å². The van der Waals surface area contributed by atoms with Gasteiger partial charge in [0.2, 0.25) is 0 Å². The van der Waals surface area contributed by atoms with Crippen molar-refractivity contribution in [3.63, 3.8) is 0 Å². The second kappa shape index (κ2) is 7.95. The Morgan fingerprint density at radius 1 is 1.12 bits per heavy atom. The van der Waals surface area contributed by atoms with Gasteiger partial charge in [-0.3, -0.25) is 10.1 Å². The zero-order valence-electron chi connectivity index (χ0n) is 12.7. The summed E-state index contributed by atoms with van der Waals surface area (Å²) in [5.41, 5.74) is 1.15. The molecule has 122 valence electrons. The van der Waals surface area contributed by atoms with E-state index in [-0.39, 0.29) is 12.5 Å². The van der Waals surface area contributed by atoms with Crippen molar-refractivity contribution in [1.29, 1.82) is 0 Å². The Morgan fingerprint density at radius 3 is 2.62 bits per heavy atom. The molecular weight excluding hydrogens is 344 g/mol. The van der Waals surface area contributed by atoms with E-state index in [1.165, 1.54) is 11.3 Å². The molecule has 0 saturated carbocycles. The molecule has 0 radical (unpaired) electrons. The van der Waals surface area contributed by atoms with Crippen LogP contribution in [-0.4, -0.2) is 17.5 Å². The van der Waals surface area contributed by atoms with E-state index in [1.807, 2.05) is 42.5 Å².